The average molecular weight is 200 g/mol. The van der Waals surface area contributed by atoms with Gasteiger partial charge >= 0.3 is 6.09 Å². The summed E-state index contributed by atoms with van der Waals surface area (Å²) in [6, 6.07) is 0. The normalized spacial score (nSPS) is 22.3. The van der Waals surface area contributed by atoms with Crippen molar-refractivity contribution in [1.82, 2.24) is 4.90 Å². The van der Waals surface area contributed by atoms with Crippen molar-refractivity contribution in [3.05, 3.63) is 0 Å². The molecule has 0 aromatic rings. The number of carbonyl (C=O) groups is 1. The molecule has 1 fully saturated rings. The summed E-state index contributed by atoms with van der Waals surface area (Å²) in [5.41, 5.74) is 5.44. The fraction of sp³-hybridized carbons (Fsp3) is 0.900. The van der Waals surface area contributed by atoms with Gasteiger partial charge in [-0.2, -0.15) is 0 Å². The Morgan fingerprint density at radius 1 is 1.57 bits per heavy atom. The molecule has 1 rings (SSSR count). The zero-order chi connectivity index (χ0) is 10.4. The van der Waals surface area contributed by atoms with E-state index in [-0.39, 0.29) is 12.2 Å². The molecule has 1 heterocycles. The third-order valence-electron chi connectivity index (χ3n) is 2.54. The van der Waals surface area contributed by atoms with Gasteiger partial charge in [-0.3, -0.25) is 0 Å². The summed E-state index contributed by atoms with van der Waals surface area (Å²) in [6.07, 6.45) is 4.03. The molecule has 0 spiro atoms. The van der Waals surface area contributed by atoms with E-state index in [1.54, 1.807) is 4.90 Å². The Morgan fingerprint density at radius 3 is 2.93 bits per heavy atom. The Hall–Kier alpha value is -0.770. The van der Waals surface area contributed by atoms with Crippen LogP contribution < -0.4 is 5.73 Å². The third kappa shape index (κ3) is 3.18. The van der Waals surface area contributed by atoms with Gasteiger partial charge in [0.25, 0.3) is 0 Å². The number of nitrogens with two attached hydrogens (primary N) is 1. The standard InChI is InChI=1S/C10H20N2O2/c1-2-3-4-6-12-7-5-9(8-11)14-10(12)13/h9H,2-8,11H2,1H3. The molecule has 4 nitrogen and oxygen atoms in total. The van der Waals surface area contributed by atoms with Crippen LogP contribution in [0.1, 0.15) is 32.6 Å². The molecular weight excluding hydrogens is 180 g/mol. The van der Waals surface area contributed by atoms with E-state index in [1.165, 1.54) is 12.8 Å². The summed E-state index contributed by atoms with van der Waals surface area (Å²) < 4.78 is 5.14. The highest BCUT2D eigenvalue weighted by Gasteiger charge is 2.25. The van der Waals surface area contributed by atoms with Gasteiger partial charge in [-0.25, -0.2) is 4.79 Å². The monoisotopic (exact) mass is 200 g/mol. The molecule has 0 saturated carbocycles. The van der Waals surface area contributed by atoms with E-state index in [0.717, 1.165) is 25.9 Å². The summed E-state index contributed by atoms with van der Waals surface area (Å²) in [5.74, 6) is 0. The molecule has 0 aliphatic carbocycles. The number of rotatable bonds is 5. The van der Waals surface area contributed by atoms with Gasteiger partial charge < -0.3 is 15.4 Å². The number of hydrogen-bond acceptors (Lipinski definition) is 3. The lowest BCUT2D eigenvalue weighted by Gasteiger charge is -2.31. The lowest BCUT2D eigenvalue weighted by molar-refractivity contribution is 0.0286. The molecule has 2 N–H and O–H groups in total. The maximum atomic E-state index is 11.4. The molecule has 0 radical (unpaired) electrons. The number of amides is 1. The van der Waals surface area contributed by atoms with Crippen molar-refractivity contribution in [2.45, 2.75) is 38.7 Å². The summed E-state index contributed by atoms with van der Waals surface area (Å²) >= 11 is 0. The van der Waals surface area contributed by atoms with E-state index >= 15 is 0 Å². The van der Waals surface area contributed by atoms with Crippen LogP contribution in [-0.4, -0.2) is 36.7 Å². The maximum Gasteiger partial charge on any atom is 0.410 e. The van der Waals surface area contributed by atoms with Crippen LogP contribution in [0.15, 0.2) is 0 Å². The number of hydrogen-bond donors (Lipinski definition) is 1. The van der Waals surface area contributed by atoms with Gasteiger partial charge in [-0.05, 0) is 6.42 Å². The molecule has 1 saturated heterocycles. The second-order valence-corrected chi connectivity index (χ2v) is 3.72. The average Bonchev–Trinajstić information content (AvgIpc) is 2.20. The van der Waals surface area contributed by atoms with Crippen molar-refractivity contribution in [3.63, 3.8) is 0 Å². The topological polar surface area (TPSA) is 55.6 Å². The fourth-order valence-electron chi connectivity index (χ4n) is 1.59. The van der Waals surface area contributed by atoms with Gasteiger partial charge in [-0.1, -0.05) is 19.8 Å². The summed E-state index contributed by atoms with van der Waals surface area (Å²) in [5, 5.41) is 0. The van der Waals surface area contributed by atoms with Crippen LogP contribution in [0, 0.1) is 0 Å². The Labute approximate surface area is 85.4 Å². The van der Waals surface area contributed by atoms with Crippen LogP contribution in [0.3, 0.4) is 0 Å². The van der Waals surface area contributed by atoms with Gasteiger partial charge in [0.2, 0.25) is 0 Å². The van der Waals surface area contributed by atoms with Crippen molar-refractivity contribution in [1.29, 1.82) is 0 Å². The SMILES string of the molecule is CCCCCN1CCC(CN)OC1=O. The van der Waals surface area contributed by atoms with E-state index in [2.05, 4.69) is 6.92 Å². The van der Waals surface area contributed by atoms with E-state index < -0.39 is 0 Å². The third-order valence-corrected chi connectivity index (χ3v) is 2.54. The highest BCUT2D eigenvalue weighted by atomic mass is 16.6. The summed E-state index contributed by atoms with van der Waals surface area (Å²) in [4.78, 5) is 13.2. The van der Waals surface area contributed by atoms with Crippen molar-refractivity contribution >= 4 is 6.09 Å². The Morgan fingerprint density at radius 2 is 2.36 bits per heavy atom. The quantitative estimate of drug-likeness (QED) is 0.681. The largest absolute Gasteiger partial charge is 0.445 e. The van der Waals surface area contributed by atoms with Gasteiger partial charge in [0, 0.05) is 26.1 Å². The molecule has 1 aliphatic rings. The summed E-state index contributed by atoms with van der Waals surface area (Å²) in [6.45, 7) is 4.21. The molecule has 0 bridgehead atoms. The molecule has 4 heteroatoms. The number of carbonyl (C=O) groups excluding carboxylic acids is 1. The predicted octanol–water partition coefficient (Wildman–Crippen LogP) is 1.35. The molecule has 1 unspecified atom stereocenters. The predicted molar refractivity (Wildman–Crippen MR) is 55.0 cm³/mol. The minimum atomic E-state index is -0.192. The molecule has 1 amide bonds. The molecular formula is C10H20N2O2. The number of cyclic esters (lactones) is 1. The molecule has 0 aromatic heterocycles. The first-order valence-electron chi connectivity index (χ1n) is 5.43. The fourth-order valence-corrected chi connectivity index (χ4v) is 1.59. The van der Waals surface area contributed by atoms with Crippen LogP contribution in [0.25, 0.3) is 0 Å². The van der Waals surface area contributed by atoms with Gasteiger partial charge in [-0.15, -0.1) is 0 Å². The Balaban J connectivity index is 2.24. The van der Waals surface area contributed by atoms with E-state index in [0.29, 0.717) is 6.54 Å². The molecule has 82 valence electrons. The number of unbranched alkanes of at least 4 members (excludes halogenated alkanes) is 2. The van der Waals surface area contributed by atoms with Gasteiger partial charge in [0.05, 0.1) is 0 Å². The van der Waals surface area contributed by atoms with E-state index in [1.807, 2.05) is 0 Å². The molecule has 1 atom stereocenters. The Bertz CT molecular complexity index is 183. The van der Waals surface area contributed by atoms with Crippen LogP contribution in [0.5, 0.6) is 0 Å². The van der Waals surface area contributed by atoms with Crippen molar-refractivity contribution in [2.24, 2.45) is 5.73 Å². The van der Waals surface area contributed by atoms with Crippen LogP contribution in [0.2, 0.25) is 0 Å². The highest BCUT2D eigenvalue weighted by molar-refractivity contribution is 5.68. The van der Waals surface area contributed by atoms with Gasteiger partial charge in [0.1, 0.15) is 6.10 Å². The number of ether oxygens (including phenoxy) is 1. The smallest absolute Gasteiger partial charge is 0.410 e. The highest BCUT2D eigenvalue weighted by Crippen LogP contribution is 2.12. The number of nitrogens with zero attached hydrogens (tertiary/aromatic N) is 1. The second-order valence-electron chi connectivity index (χ2n) is 3.72. The van der Waals surface area contributed by atoms with E-state index in [4.69, 9.17) is 10.5 Å². The van der Waals surface area contributed by atoms with Gasteiger partial charge in [0.15, 0.2) is 0 Å². The summed E-state index contributed by atoms with van der Waals surface area (Å²) in [7, 11) is 0. The Kier molecular flexibility index (Phi) is 4.73. The lowest BCUT2D eigenvalue weighted by atomic mass is 10.2. The second kappa shape index (κ2) is 5.86. The first kappa shape index (κ1) is 11.3. The van der Waals surface area contributed by atoms with Crippen molar-refractivity contribution in [3.8, 4) is 0 Å². The molecule has 1 aliphatic heterocycles. The lowest BCUT2D eigenvalue weighted by Crippen LogP contribution is -2.44. The van der Waals surface area contributed by atoms with Crippen LogP contribution >= 0.6 is 0 Å². The molecule has 14 heavy (non-hydrogen) atoms. The van der Waals surface area contributed by atoms with Crippen LogP contribution in [0.4, 0.5) is 4.79 Å². The zero-order valence-corrected chi connectivity index (χ0v) is 8.87. The van der Waals surface area contributed by atoms with Crippen molar-refractivity contribution < 1.29 is 9.53 Å². The maximum absolute atomic E-state index is 11.4. The zero-order valence-electron chi connectivity index (χ0n) is 8.87. The van der Waals surface area contributed by atoms with Crippen molar-refractivity contribution in [2.75, 3.05) is 19.6 Å². The van der Waals surface area contributed by atoms with E-state index in [9.17, 15) is 4.79 Å². The first-order valence-corrected chi connectivity index (χ1v) is 5.43. The first-order chi connectivity index (χ1) is 6.77. The molecule has 0 aromatic carbocycles. The minimum Gasteiger partial charge on any atom is -0.445 e. The minimum absolute atomic E-state index is 0.0649. The van der Waals surface area contributed by atoms with Crippen LogP contribution in [-0.2, 0) is 4.74 Å².